The molecule has 2 unspecified atom stereocenters. The summed E-state index contributed by atoms with van der Waals surface area (Å²) in [6.07, 6.45) is -7.03. The summed E-state index contributed by atoms with van der Waals surface area (Å²) in [6, 6.07) is 11.2. The normalized spacial score (nSPS) is 15.3. The van der Waals surface area contributed by atoms with Crippen LogP contribution in [0, 0.1) is 27.7 Å². The largest absolute Gasteiger partial charge is 0.390 e. The fourth-order valence-corrected chi connectivity index (χ4v) is 3.72. The van der Waals surface area contributed by atoms with Gasteiger partial charge in [-0.2, -0.15) is 0 Å². The molecule has 2 aromatic carbocycles. The smallest absolute Gasteiger partial charge is 0.232 e. The first-order valence-electron chi connectivity index (χ1n) is 9.92. The van der Waals surface area contributed by atoms with Crippen LogP contribution in [0.1, 0.15) is 33.4 Å². The Balaban J connectivity index is 2.02. The van der Waals surface area contributed by atoms with Crippen LogP contribution in [0.15, 0.2) is 36.4 Å². The molecule has 0 bridgehead atoms. The average molecular weight is 414 g/mol. The Morgan fingerprint density at radius 2 is 0.867 bits per heavy atom. The maximum absolute atomic E-state index is 12.3. The van der Waals surface area contributed by atoms with Crippen molar-refractivity contribution in [1.29, 1.82) is 0 Å². The van der Waals surface area contributed by atoms with Gasteiger partial charge in [-0.3, -0.25) is 9.59 Å². The molecule has 162 valence electrons. The maximum Gasteiger partial charge on any atom is 0.232 e. The van der Waals surface area contributed by atoms with E-state index in [1.54, 1.807) is 0 Å². The molecular formula is C24H30O6. The third-order valence-corrected chi connectivity index (χ3v) is 4.96. The van der Waals surface area contributed by atoms with E-state index < -0.39 is 36.0 Å². The van der Waals surface area contributed by atoms with Crippen molar-refractivity contribution in [2.75, 3.05) is 0 Å². The first kappa shape index (κ1) is 23.9. The van der Waals surface area contributed by atoms with Crippen molar-refractivity contribution in [3.8, 4) is 0 Å². The lowest BCUT2D eigenvalue weighted by atomic mass is 9.93. The van der Waals surface area contributed by atoms with E-state index in [0.717, 1.165) is 33.4 Å². The summed E-state index contributed by atoms with van der Waals surface area (Å²) in [5.74, 6) is -2.64. The average Bonchev–Trinajstić information content (AvgIpc) is 2.63. The van der Waals surface area contributed by atoms with Crippen molar-refractivity contribution in [2.45, 2.75) is 65.0 Å². The van der Waals surface area contributed by atoms with E-state index >= 15 is 0 Å². The first-order chi connectivity index (χ1) is 14.0. The Morgan fingerprint density at radius 1 is 0.600 bits per heavy atom. The molecule has 0 aromatic heterocycles. The molecule has 0 aliphatic rings. The minimum atomic E-state index is -1.98. The second kappa shape index (κ2) is 10.1. The highest BCUT2D eigenvalue weighted by Gasteiger charge is 2.36. The molecule has 0 aliphatic carbocycles. The van der Waals surface area contributed by atoms with Crippen molar-refractivity contribution in [3.63, 3.8) is 0 Å². The quantitative estimate of drug-likeness (QED) is 0.460. The Hall–Kier alpha value is -2.38. The molecule has 2 rings (SSSR count). The van der Waals surface area contributed by atoms with Gasteiger partial charge in [-0.25, -0.2) is 0 Å². The summed E-state index contributed by atoms with van der Waals surface area (Å²) in [6.45, 7) is 7.56. The highest BCUT2D eigenvalue weighted by atomic mass is 16.3. The molecule has 0 saturated carbocycles. The maximum atomic E-state index is 12.3. The Labute approximate surface area is 176 Å². The van der Waals surface area contributed by atoms with Gasteiger partial charge < -0.3 is 20.4 Å². The van der Waals surface area contributed by atoms with E-state index in [9.17, 15) is 30.0 Å². The van der Waals surface area contributed by atoms with Crippen molar-refractivity contribution in [1.82, 2.24) is 0 Å². The van der Waals surface area contributed by atoms with Gasteiger partial charge in [0, 0.05) is 12.8 Å². The molecule has 0 fully saturated rings. The van der Waals surface area contributed by atoms with Gasteiger partial charge in [0.1, 0.15) is 12.2 Å². The second-order valence-electron chi connectivity index (χ2n) is 8.15. The number of aliphatic hydroxyl groups is 4. The van der Waals surface area contributed by atoms with Crippen LogP contribution < -0.4 is 0 Å². The molecule has 0 spiro atoms. The summed E-state index contributed by atoms with van der Waals surface area (Å²) in [5.41, 5.74) is 5.32. The van der Waals surface area contributed by atoms with Gasteiger partial charge in [-0.05, 0) is 38.8 Å². The highest BCUT2D eigenvalue weighted by Crippen LogP contribution is 2.15. The number of Topliss-reactive ketones (excluding diaryl/α,β-unsaturated/α-hetero) is 2. The number of benzene rings is 2. The predicted octanol–water partition coefficient (Wildman–Crippen LogP) is 1.29. The van der Waals surface area contributed by atoms with Gasteiger partial charge in [-0.15, -0.1) is 0 Å². The highest BCUT2D eigenvalue weighted by molar-refractivity contribution is 6.40. The molecule has 0 aliphatic heterocycles. The summed E-state index contributed by atoms with van der Waals surface area (Å²) >= 11 is 0. The molecular weight excluding hydrogens is 384 g/mol. The standard InChI is InChI=1S/C24H30O6/c1-13-5-14(2)8-17(7-13)11-19(25)21(27)23(29)24(30)22(28)20(26)12-18-9-15(3)6-16(4)10-18/h5-10,19-22,25-28H,11-12H2,1-4H3/t19?,20?,21-,22+. The molecule has 6 heteroatoms. The summed E-state index contributed by atoms with van der Waals surface area (Å²) in [5, 5.41) is 40.7. The zero-order valence-corrected chi connectivity index (χ0v) is 17.8. The van der Waals surface area contributed by atoms with E-state index in [-0.39, 0.29) is 12.8 Å². The molecule has 2 aromatic rings. The van der Waals surface area contributed by atoms with Crippen LogP contribution >= 0.6 is 0 Å². The van der Waals surface area contributed by atoms with E-state index in [1.807, 2.05) is 64.1 Å². The first-order valence-corrected chi connectivity index (χ1v) is 9.92. The summed E-state index contributed by atoms with van der Waals surface area (Å²) in [4.78, 5) is 24.6. The number of hydrogen-bond acceptors (Lipinski definition) is 6. The van der Waals surface area contributed by atoms with Gasteiger partial charge in [0.2, 0.25) is 11.6 Å². The van der Waals surface area contributed by atoms with Gasteiger partial charge in [0.15, 0.2) is 0 Å². The summed E-state index contributed by atoms with van der Waals surface area (Å²) in [7, 11) is 0. The number of rotatable bonds is 9. The van der Waals surface area contributed by atoms with Crippen LogP contribution in [0.3, 0.4) is 0 Å². The van der Waals surface area contributed by atoms with E-state index in [2.05, 4.69) is 0 Å². The lowest BCUT2D eigenvalue weighted by molar-refractivity contribution is -0.152. The predicted molar refractivity (Wildman–Crippen MR) is 113 cm³/mol. The lowest BCUT2D eigenvalue weighted by Gasteiger charge is -2.20. The van der Waals surface area contributed by atoms with Crippen LogP contribution in [0.4, 0.5) is 0 Å². The molecule has 4 N–H and O–H groups in total. The van der Waals surface area contributed by atoms with Crippen LogP contribution in [0.5, 0.6) is 0 Å². The van der Waals surface area contributed by atoms with Gasteiger partial charge in [0.25, 0.3) is 0 Å². The van der Waals surface area contributed by atoms with E-state index in [4.69, 9.17) is 0 Å². The van der Waals surface area contributed by atoms with Crippen molar-refractivity contribution in [3.05, 3.63) is 69.8 Å². The zero-order chi connectivity index (χ0) is 22.6. The van der Waals surface area contributed by atoms with Crippen LogP contribution in [-0.2, 0) is 22.4 Å². The molecule has 0 radical (unpaired) electrons. The third-order valence-electron chi connectivity index (χ3n) is 4.96. The van der Waals surface area contributed by atoms with Gasteiger partial charge in [0.05, 0.1) is 12.2 Å². The second-order valence-corrected chi connectivity index (χ2v) is 8.15. The SMILES string of the molecule is Cc1cc(C)cc(CC(O)[C@H](O)C(=O)C(=O)[C@H](O)C(O)Cc2cc(C)cc(C)c2)c1. The van der Waals surface area contributed by atoms with Crippen molar-refractivity contribution in [2.24, 2.45) is 0 Å². The van der Waals surface area contributed by atoms with Crippen LogP contribution in [0.2, 0.25) is 0 Å². The number of ketones is 2. The Morgan fingerprint density at radius 3 is 1.13 bits per heavy atom. The lowest BCUT2D eigenvalue weighted by Crippen LogP contribution is -2.47. The fourth-order valence-electron chi connectivity index (χ4n) is 3.72. The van der Waals surface area contributed by atoms with E-state index in [0.29, 0.717) is 0 Å². The van der Waals surface area contributed by atoms with Crippen LogP contribution in [-0.4, -0.2) is 56.4 Å². The third kappa shape index (κ3) is 6.31. The van der Waals surface area contributed by atoms with Crippen LogP contribution in [0.25, 0.3) is 0 Å². The van der Waals surface area contributed by atoms with Gasteiger partial charge in [-0.1, -0.05) is 58.7 Å². The minimum Gasteiger partial charge on any atom is -0.390 e. The number of hydrogen-bond donors (Lipinski definition) is 4. The van der Waals surface area contributed by atoms with Crippen molar-refractivity contribution < 1.29 is 30.0 Å². The molecule has 0 heterocycles. The Bertz CT molecular complexity index is 804. The number of carbonyl (C=O) groups is 2. The number of aliphatic hydroxyl groups excluding tert-OH is 4. The minimum absolute atomic E-state index is 0.0239. The summed E-state index contributed by atoms with van der Waals surface area (Å²) < 4.78 is 0. The molecule has 0 saturated heterocycles. The van der Waals surface area contributed by atoms with Gasteiger partial charge >= 0.3 is 0 Å². The topological polar surface area (TPSA) is 115 Å². The fraction of sp³-hybridized carbons (Fsp3) is 0.417. The zero-order valence-electron chi connectivity index (χ0n) is 17.8. The molecule has 30 heavy (non-hydrogen) atoms. The van der Waals surface area contributed by atoms with Crippen molar-refractivity contribution >= 4 is 11.6 Å². The molecule has 4 atom stereocenters. The number of carbonyl (C=O) groups excluding carboxylic acids is 2. The molecule has 0 amide bonds. The number of aryl methyl sites for hydroxylation is 4. The monoisotopic (exact) mass is 414 g/mol. The molecule has 6 nitrogen and oxygen atoms in total. The Kier molecular flexibility index (Phi) is 8.03. The van der Waals surface area contributed by atoms with E-state index in [1.165, 1.54) is 0 Å².